The maximum atomic E-state index is 15.1. The lowest BCUT2D eigenvalue weighted by atomic mass is 9.81. The van der Waals surface area contributed by atoms with Gasteiger partial charge in [-0.05, 0) is 148 Å². The van der Waals surface area contributed by atoms with Gasteiger partial charge in [0.15, 0.2) is 0 Å². The number of likely N-dealkylation sites (N-methyl/N-ethyl adjacent to an activating group) is 2. The molecule has 5 aliphatic carbocycles. The molecule has 18 nitrogen and oxygen atoms in total. The standard InChI is InChI=1S/C68H86N10O8/c1-39(69-3)61(79)73-57(41-19-7-5-8-20-41)67(85)77-37-45(35-55(77)65(83)75-59-51-27-15-11-23-47(51)48-24-12-16-28-52(48)59)71-63(81)43-31-33-44(34-32-43)64(82)72-46-36-56(66(84)76-60-53-29-17-13-25-49(53)50-26-14-18-30-54(50)60)78(38-46)68(86)58(42-21-9-6-10-22-42)74-62(80)40(2)70-4/h11-18,23-30,39-46,55-60,69-70H,5-10,19-22,31-38H2,1-4H3,(H,71,81)(H,72,82)(H,73,79)(H,74,80)(H,75,83)(H,76,84)/t39-,40-,43?,44?,45-,46?,55-,56-,57-,58-/m0/s1. The van der Waals surface area contributed by atoms with Crippen LogP contribution in [-0.2, 0) is 38.4 Å². The van der Waals surface area contributed by atoms with Gasteiger partial charge in [-0.2, -0.15) is 0 Å². The lowest BCUT2D eigenvalue weighted by Gasteiger charge is -2.35. The number of nitrogens with zero attached hydrogens (tertiary/aromatic N) is 2. The van der Waals surface area contributed by atoms with E-state index in [1.165, 1.54) is 0 Å². The minimum Gasteiger partial charge on any atom is -0.351 e. The van der Waals surface area contributed by atoms with Crippen LogP contribution in [0.15, 0.2) is 97.1 Å². The molecule has 7 aliphatic rings. The summed E-state index contributed by atoms with van der Waals surface area (Å²) in [5, 5.41) is 25.2. The highest BCUT2D eigenvalue weighted by Gasteiger charge is 2.49. The maximum absolute atomic E-state index is 15.1. The second kappa shape index (κ2) is 26.7. The molecule has 8 amide bonds. The van der Waals surface area contributed by atoms with Crippen molar-refractivity contribution in [2.24, 2.45) is 23.7 Å². The summed E-state index contributed by atoms with van der Waals surface area (Å²) in [5.74, 6) is -3.37. The fraction of sp³-hybridized carbons (Fsp3) is 0.529. The topological polar surface area (TPSA) is 239 Å². The monoisotopic (exact) mass is 1170 g/mol. The smallest absolute Gasteiger partial charge is 0.246 e. The van der Waals surface area contributed by atoms with Gasteiger partial charge in [0.1, 0.15) is 24.2 Å². The quantitative estimate of drug-likeness (QED) is 0.0571. The van der Waals surface area contributed by atoms with Gasteiger partial charge in [0.25, 0.3) is 0 Å². The molecular formula is C68H86N10O8. The van der Waals surface area contributed by atoms with Gasteiger partial charge >= 0.3 is 0 Å². The van der Waals surface area contributed by atoms with Gasteiger partial charge in [0.2, 0.25) is 47.3 Å². The maximum Gasteiger partial charge on any atom is 0.246 e. The predicted molar refractivity (Wildman–Crippen MR) is 327 cm³/mol. The van der Waals surface area contributed by atoms with Crippen molar-refractivity contribution in [1.82, 2.24) is 52.3 Å². The highest BCUT2D eigenvalue weighted by molar-refractivity contribution is 5.96. The number of rotatable bonds is 18. The summed E-state index contributed by atoms with van der Waals surface area (Å²) in [6, 6.07) is 25.3. The van der Waals surface area contributed by atoms with Gasteiger partial charge < -0.3 is 52.3 Å². The molecule has 11 rings (SSSR count). The molecule has 2 saturated heterocycles. The van der Waals surface area contributed by atoms with E-state index in [1.807, 2.05) is 97.1 Å². The Balaban J connectivity index is 0.769. The van der Waals surface area contributed by atoms with Crippen LogP contribution in [0.1, 0.15) is 151 Å². The van der Waals surface area contributed by atoms with Gasteiger partial charge in [0, 0.05) is 37.0 Å². The second-order valence-electron chi connectivity index (χ2n) is 25.5. The van der Waals surface area contributed by atoms with Crippen molar-refractivity contribution in [3.8, 4) is 22.3 Å². The third-order valence-electron chi connectivity index (χ3n) is 20.2. The van der Waals surface area contributed by atoms with Crippen LogP contribution in [0, 0.1) is 23.7 Å². The third-order valence-corrected chi connectivity index (χ3v) is 20.2. The molecule has 18 heteroatoms. The van der Waals surface area contributed by atoms with Gasteiger partial charge in [-0.25, -0.2) is 0 Å². The molecule has 3 saturated carbocycles. The van der Waals surface area contributed by atoms with Gasteiger partial charge in [-0.3, -0.25) is 38.4 Å². The van der Waals surface area contributed by atoms with Crippen molar-refractivity contribution >= 4 is 47.3 Å². The zero-order valence-electron chi connectivity index (χ0n) is 50.2. The lowest BCUT2D eigenvalue weighted by molar-refractivity contribution is -0.143. The molecule has 0 radical (unpaired) electrons. The largest absolute Gasteiger partial charge is 0.351 e. The summed E-state index contributed by atoms with van der Waals surface area (Å²) in [6.07, 6.45) is 11.0. The number of nitrogens with one attached hydrogen (secondary N) is 8. The minimum absolute atomic E-state index is 0.0862. The molecule has 1 unspecified atom stereocenters. The van der Waals surface area contributed by atoms with E-state index in [0.717, 1.165) is 109 Å². The van der Waals surface area contributed by atoms with E-state index < -0.39 is 72.3 Å². The van der Waals surface area contributed by atoms with Crippen LogP contribution >= 0.6 is 0 Å². The van der Waals surface area contributed by atoms with E-state index in [1.54, 1.807) is 37.7 Å². The Morgan fingerprint density at radius 2 is 0.721 bits per heavy atom. The summed E-state index contributed by atoms with van der Waals surface area (Å²) in [4.78, 5) is 119. The number of likely N-dealkylation sites (tertiary alicyclic amines) is 2. The van der Waals surface area contributed by atoms with E-state index in [0.29, 0.717) is 25.7 Å². The summed E-state index contributed by atoms with van der Waals surface area (Å²) in [6.45, 7) is 3.67. The fourth-order valence-electron chi connectivity index (χ4n) is 15.1. The molecule has 5 fully saturated rings. The highest BCUT2D eigenvalue weighted by Crippen LogP contribution is 2.45. The number of carbonyl (C=O) groups is 8. The van der Waals surface area contributed by atoms with Crippen molar-refractivity contribution in [1.29, 1.82) is 0 Å². The first-order valence-corrected chi connectivity index (χ1v) is 31.8. The molecule has 4 aromatic carbocycles. The molecule has 8 N–H and O–H groups in total. The molecule has 8 atom stereocenters. The Morgan fingerprint density at radius 3 is 1.03 bits per heavy atom. The molecule has 456 valence electrons. The molecule has 0 bridgehead atoms. The number of fused-ring (bicyclic) bond motifs is 6. The molecule has 4 aromatic rings. The zero-order valence-corrected chi connectivity index (χ0v) is 50.2. The van der Waals surface area contributed by atoms with E-state index in [4.69, 9.17) is 0 Å². The van der Waals surface area contributed by atoms with Gasteiger partial charge in [0.05, 0.1) is 24.2 Å². The molecular weight excluding hydrogens is 1080 g/mol. The predicted octanol–water partition coefficient (Wildman–Crippen LogP) is 6.08. The Kier molecular flexibility index (Phi) is 18.7. The molecule has 2 heterocycles. The van der Waals surface area contributed by atoms with Crippen LogP contribution in [0.5, 0.6) is 0 Å². The number of carbonyl (C=O) groups excluding carboxylic acids is 8. The second-order valence-corrected chi connectivity index (χ2v) is 25.5. The van der Waals surface area contributed by atoms with Crippen molar-refractivity contribution in [2.75, 3.05) is 27.2 Å². The van der Waals surface area contributed by atoms with Crippen LogP contribution < -0.4 is 42.5 Å². The van der Waals surface area contributed by atoms with Crippen LogP contribution in [0.3, 0.4) is 0 Å². The number of hydrogen-bond acceptors (Lipinski definition) is 10. The van der Waals surface area contributed by atoms with Gasteiger partial charge in [-0.15, -0.1) is 0 Å². The SMILES string of the molecule is CN[C@@H](C)C(=O)N[C@H](C(=O)N1CC(NC(=O)C2CCC(C(=O)N[C@H]3C[C@@H](C(=O)NC4c5ccccc5-c5ccccc54)N(C(=O)[C@@H](NC(=O)[C@H](C)NC)C4CCCCC4)C3)CC2)C[C@H]1C(=O)NC1c2ccccc2-c2ccccc21)C1CCCCC1. The average Bonchev–Trinajstić information content (AvgIpc) is 2.69. The summed E-state index contributed by atoms with van der Waals surface area (Å²) in [5.41, 5.74) is 8.00. The molecule has 2 aliphatic heterocycles. The minimum atomic E-state index is -0.931. The van der Waals surface area contributed by atoms with Crippen molar-refractivity contribution in [2.45, 2.75) is 177 Å². The highest BCUT2D eigenvalue weighted by atomic mass is 16.2. The van der Waals surface area contributed by atoms with Crippen molar-refractivity contribution in [3.05, 3.63) is 119 Å². The lowest BCUT2D eigenvalue weighted by Crippen LogP contribution is -2.58. The Labute approximate surface area is 505 Å². The first kappa shape index (κ1) is 60.3. The van der Waals surface area contributed by atoms with Gasteiger partial charge in [-0.1, -0.05) is 136 Å². The first-order valence-electron chi connectivity index (χ1n) is 31.8. The number of hydrogen-bond donors (Lipinski definition) is 8. The molecule has 0 spiro atoms. The Hall–Kier alpha value is -7.44. The van der Waals surface area contributed by atoms with E-state index in [2.05, 4.69) is 42.5 Å². The average molecular weight is 1170 g/mol. The Morgan fingerprint density at radius 1 is 0.407 bits per heavy atom. The normalized spacial score (nSPS) is 24.4. The van der Waals surface area contributed by atoms with Crippen LogP contribution in [0.4, 0.5) is 0 Å². The zero-order chi connectivity index (χ0) is 60.2. The number of amides is 8. The number of benzene rings is 4. The van der Waals surface area contributed by atoms with Crippen LogP contribution in [0.25, 0.3) is 22.3 Å². The molecule has 86 heavy (non-hydrogen) atoms. The summed E-state index contributed by atoms with van der Waals surface area (Å²) in [7, 11) is 3.40. The van der Waals surface area contributed by atoms with Crippen molar-refractivity contribution in [3.63, 3.8) is 0 Å². The van der Waals surface area contributed by atoms with Crippen molar-refractivity contribution < 1.29 is 38.4 Å². The Bertz CT molecular complexity index is 2890. The fourth-order valence-corrected chi connectivity index (χ4v) is 15.1. The third kappa shape index (κ3) is 12.6. The van der Waals surface area contributed by atoms with Crippen LogP contribution in [0.2, 0.25) is 0 Å². The van der Waals surface area contributed by atoms with E-state index in [-0.39, 0.29) is 85.0 Å². The summed E-state index contributed by atoms with van der Waals surface area (Å²) < 4.78 is 0. The first-order chi connectivity index (χ1) is 41.7. The summed E-state index contributed by atoms with van der Waals surface area (Å²) >= 11 is 0. The molecule has 0 aromatic heterocycles. The van der Waals surface area contributed by atoms with E-state index in [9.17, 15) is 28.8 Å². The van der Waals surface area contributed by atoms with Crippen LogP contribution in [-0.4, -0.2) is 133 Å². The van der Waals surface area contributed by atoms with E-state index >= 15 is 9.59 Å².